The molecule has 0 unspecified atom stereocenters. The molecule has 3 rings (SSSR count). The van der Waals surface area contributed by atoms with Crippen LogP contribution in [-0.4, -0.2) is 9.55 Å². The third-order valence-electron chi connectivity index (χ3n) is 3.02. The molecule has 2 N–H and O–H groups in total. The molecule has 0 bridgehead atoms. The minimum absolute atomic E-state index is 0.317. The van der Waals surface area contributed by atoms with Crippen molar-refractivity contribution in [2.45, 2.75) is 0 Å². The Kier molecular flexibility index (Phi) is 2.30. The molecule has 1 heterocycles. The second-order valence-corrected chi connectivity index (χ2v) is 4.22. The van der Waals surface area contributed by atoms with Crippen molar-refractivity contribution in [3.63, 3.8) is 0 Å². The van der Waals surface area contributed by atoms with Crippen LogP contribution >= 0.6 is 0 Å². The number of anilines is 1. The molecule has 0 atom stereocenters. The van der Waals surface area contributed by atoms with Gasteiger partial charge in [-0.1, -0.05) is 12.1 Å². The molecule has 0 saturated heterocycles. The highest BCUT2D eigenvalue weighted by atomic mass is 19.1. The van der Waals surface area contributed by atoms with Gasteiger partial charge in [0.2, 0.25) is 0 Å². The third-order valence-corrected chi connectivity index (χ3v) is 3.02. The molecule has 1 aromatic heterocycles. The maximum absolute atomic E-state index is 13.9. The molecule has 0 radical (unpaired) electrons. The van der Waals surface area contributed by atoms with Gasteiger partial charge in [0.15, 0.2) is 0 Å². The Morgan fingerprint density at radius 3 is 2.72 bits per heavy atom. The first-order chi connectivity index (χ1) is 8.66. The lowest BCUT2D eigenvalue weighted by Crippen LogP contribution is -1.96. The molecule has 18 heavy (non-hydrogen) atoms. The molecule has 0 fully saturated rings. The van der Waals surface area contributed by atoms with Crippen molar-refractivity contribution < 1.29 is 4.39 Å². The monoisotopic (exact) mass is 241 g/mol. The summed E-state index contributed by atoms with van der Waals surface area (Å²) in [6, 6.07) is 12.2. The summed E-state index contributed by atoms with van der Waals surface area (Å²) in [4.78, 5) is 4.45. The van der Waals surface area contributed by atoms with Gasteiger partial charge >= 0.3 is 0 Å². The van der Waals surface area contributed by atoms with Gasteiger partial charge in [-0.15, -0.1) is 0 Å². The lowest BCUT2D eigenvalue weighted by atomic mass is 10.2. The van der Waals surface area contributed by atoms with Crippen molar-refractivity contribution in [1.82, 2.24) is 9.55 Å². The zero-order valence-electron chi connectivity index (χ0n) is 9.89. The molecular weight excluding hydrogens is 229 g/mol. The summed E-state index contributed by atoms with van der Waals surface area (Å²) in [5.74, 6) is 0.267. The van der Waals surface area contributed by atoms with E-state index in [0.717, 1.165) is 11.0 Å². The van der Waals surface area contributed by atoms with Gasteiger partial charge < -0.3 is 10.3 Å². The largest absolute Gasteiger partial charge is 0.399 e. The Morgan fingerprint density at radius 2 is 1.94 bits per heavy atom. The van der Waals surface area contributed by atoms with Crippen molar-refractivity contribution in [2.75, 3.05) is 5.73 Å². The number of rotatable bonds is 1. The lowest BCUT2D eigenvalue weighted by Gasteiger charge is -2.04. The van der Waals surface area contributed by atoms with Gasteiger partial charge in [-0.25, -0.2) is 9.37 Å². The molecule has 0 aliphatic rings. The molecule has 3 nitrogen and oxygen atoms in total. The van der Waals surface area contributed by atoms with Crippen LogP contribution in [0.1, 0.15) is 0 Å². The van der Waals surface area contributed by atoms with Crippen LogP contribution in [0.25, 0.3) is 22.4 Å². The Bertz CT molecular complexity index is 731. The maximum Gasteiger partial charge on any atom is 0.143 e. The van der Waals surface area contributed by atoms with E-state index in [1.807, 2.05) is 35.9 Å². The van der Waals surface area contributed by atoms with Gasteiger partial charge in [0.05, 0.1) is 16.6 Å². The Labute approximate surface area is 104 Å². The average Bonchev–Trinajstić information content (AvgIpc) is 2.71. The fraction of sp³-hybridized carbons (Fsp3) is 0.0714. The third kappa shape index (κ3) is 1.54. The molecule has 0 amide bonds. The summed E-state index contributed by atoms with van der Waals surface area (Å²) in [6.07, 6.45) is 0. The number of hydrogen-bond donors (Lipinski definition) is 1. The second-order valence-electron chi connectivity index (χ2n) is 4.22. The Morgan fingerprint density at radius 1 is 1.17 bits per heavy atom. The maximum atomic E-state index is 13.9. The first-order valence-corrected chi connectivity index (χ1v) is 5.63. The quantitative estimate of drug-likeness (QED) is 0.666. The molecular formula is C14H12FN3. The summed E-state index contributed by atoms with van der Waals surface area (Å²) in [5, 5.41) is 0. The number of hydrogen-bond acceptors (Lipinski definition) is 2. The fourth-order valence-corrected chi connectivity index (χ4v) is 2.10. The van der Waals surface area contributed by atoms with Crippen LogP contribution in [0.3, 0.4) is 0 Å². The van der Waals surface area contributed by atoms with Crippen LogP contribution in [0.4, 0.5) is 10.1 Å². The first kappa shape index (κ1) is 10.8. The summed E-state index contributed by atoms with van der Waals surface area (Å²) in [5.41, 5.74) is 8.47. The number of fused-ring (bicyclic) bond motifs is 1. The Balaban J connectivity index is 2.31. The van der Waals surface area contributed by atoms with E-state index in [1.165, 1.54) is 6.07 Å². The van der Waals surface area contributed by atoms with E-state index in [2.05, 4.69) is 4.98 Å². The highest BCUT2D eigenvalue weighted by molar-refractivity contribution is 5.81. The smallest absolute Gasteiger partial charge is 0.143 e. The van der Waals surface area contributed by atoms with E-state index in [4.69, 9.17) is 5.73 Å². The van der Waals surface area contributed by atoms with Crippen molar-refractivity contribution in [3.05, 3.63) is 48.3 Å². The van der Waals surface area contributed by atoms with Gasteiger partial charge in [0, 0.05) is 12.7 Å². The molecule has 2 aromatic carbocycles. The molecule has 0 aliphatic carbocycles. The van der Waals surface area contributed by atoms with E-state index >= 15 is 0 Å². The number of benzene rings is 2. The zero-order valence-corrected chi connectivity index (χ0v) is 9.89. The highest BCUT2D eigenvalue weighted by Crippen LogP contribution is 2.27. The van der Waals surface area contributed by atoms with Crippen LogP contribution in [0.15, 0.2) is 42.5 Å². The van der Waals surface area contributed by atoms with Crippen molar-refractivity contribution >= 4 is 16.7 Å². The first-order valence-electron chi connectivity index (χ1n) is 5.63. The second kappa shape index (κ2) is 3.84. The number of nitrogens with two attached hydrogens (primary N) is 1. The lowest BCUT2D eigenvalue weighted by molar-refractivity contribution is 0.629. The van der Waals surface area contributed by atoms with E-state index in [9.17, 15) is 4.39 Å². The minimum Gasteiger partial charge on any atom is -0.399 e. The molecule has 0 aliphatic heterocycles. The standard InChI is InChI=1S/C14H12FN3/c1-18-13-5-3-2-4-12(13)17-14(18)10-8-9(16)6-7-11(10)15/h2-8H,16H2,1H3. The van der Waals surface area contributed by atoms with Crippen LogP contribution in [-0.2, 0) is 7.05 Å². The molecule has 90 valence electrons. The van der Waals surface area contributed by atoms with Crippen LogP contribution in [0, 0.1) is 5.82 Å². The minimum atomic E-state index is -0.317. The van der Waals surface area contributed by atoms with Gasteiger partial charge in [-0.3, -0.25) is 0 Å². The van der Waals surface area contributed by atoms with Gasteiger partial charge in [-0.2, -0.15) is 0 Å². The molecule has 0 saturated carbocycles. The highest BCUT2D eigenvalue weighted by Gasteiger charge is 2.13. The fourth-order valence-electron chi connectivity index (χ4n) is 2.10. The van der Waals surface area contributed by atoms with Gasteiger partial charge in [-0.05, 0) is 30.3 Å². The van der Waals surface area contributed by atoms with Crippen LogP contribution < -0.4 is 5.73 Å². The van der Waals surface area contributed by atoms with E-state index < -0.39 is 0 Å². The molecule has 0 spiro atoms. The van der Waals surface area contributed by atoms with E-state index in [-0.39, 0.29) is 5.82 Å². The average molecular weight is 241 g/mol. The summed E-state index contributed by atoms with van der Waals surface area (Å²) in [6.45, 7) is 0. The van der Waals surface area contributed by atoms with Gasteiger partial charge in [0.1, 0.15) is 11.6 Å². The van der Waals surface area contributed by atoms with Crippen LogP contribution in [0.2, 0.25) is 0 Å². The normalized spacial score (nSPS) is 11.0. The van der Waals surface area contributed by atoms with E-state index in [0.29, 0.717) is 17.1 Å². The van der Waals surface area contributed by atoms with Gasteiger partial charge in [0.25, 0.3) is 0 Å². The molecule has 4 heteroatoms. The summed E-state index contributed by atoms with van der Waals surface area (Å²) >= 11 is 0. The topological polar surface area (TPSA) is 43.8 Å². The predicted octanol–water partition coefficient (Wildman–Crippen LogP) is 2.96. The SMILES string of the molecule is Cn1c(-c2cc(N)ccc2F)nc2ccccc21. The zero-order chi connectivity index (χ0) is 12.7. The van der Waals surface area contributed by atoms with Crippen molar-refractivity contribution in [3.8, 4) is 11.4 Å². The summed E-state index contributed by atoms with van der Waals surface area (Å²) in [7, 11) is 1.87. The number of imidazole rings is 1. The van der Waals surface area contributed by atoms with Crippen molar-refractivity contribution in [2.24, 2.45) is 7.05 Å². The number of nitrogens with zero attached hydrogens (tertiary/aromatic N) is 2. The number of halogens is 1. The molecule has 3 aromatic rings. The predicted molar refractivity (Wildman–Crippen MR) is 70.5 cm³/mol. The van der Waals surface area contributed by atoms with Crippen molar-refractivity contribution in [1.29, 1.82) is 0 Å². The number of para-hydroxylation sites is 2. The number of aromatic nitrogens is 2. The number of nitrogen functional groups attached to an aromatic ring is 1. The summed E-state index contributed by atoms with van der Waals surface area (Å²) < 4.78 is 15.7. The van der Waals surface area contributed by atoms with Crippen LogP contribution in [0.5, 0.6) is 0 Å². The Hall–Kier alpha value is -2.36. The van der Waals surface area contributed by atoms with E-state index in [1.54, 1.807) is 12.1 Å². The number of aryl methyl sites for hydroxylation is 1.